The summed E-state index contributed by atoms with van der Waals surface area (Å²) in [6.45, 7) is 1.23. The highest BCUT2D eigenvalue weighted by molar-refractivity contribution is 5.91. The average molecular weight is 396 g/mol. The number of primary amides is 1. The smallest absolute Gasteiger partial charge is 0.243 e. The summed E-state index contributed by atoms with van der Waals surface area (Å²) < 4.78 is 14.0. The molecule has 0 radical (unpaired) electrons. The number of rotatable bonds is 8. The molecule has 0 fully saturated rings. The predicted octanol–water partition coefficient (Wildman–Crippen LogP) is 0.957. The van der Waals surface area contributed by atoms with Gasteiger partial charge in [0.1, 0.15) is 17.9 Å². The Balaban J connectivity index is 2.20. The van der Waals surface area contributed by atoms with Gasteiger partial charge >= 0.3 is 0 Å². The highest BCUT2D eigenvalue weighted by Gasteiger charge is 2.26. The number of nitrogens with two attached hydrogens (primary N) is 1. The monoisotopic (exact) mass is 396 g/mol. The fourth-order valence-corrected chi connectivity index (χ4v) is 2.86. The summed E-state index contributed by atoms with van der Waals surface area (Å²) in [7, 11) is 0. The van der Waals surface area contributed by atoms with Crippen molar-refractivity contribution in [3.8, 4) is 6.07 Å². The van der Waals surface area contributed by atoms with Gasteiger partial charge in [0, 0.05) is 19.8 Å². The summed E-state index contributed by atoms with van der Waals surface area (Å²) in [6.07, 6.45) is -0.0877. The molecule has 0 aromatic heterocycles. The average Bonchev–Trinajstić information content (AvgIpc) is 2.68. The van der Waals surface area contributed by atoms with Gasteiger partial charge in [0.15, 0.2) is 0 Å². The number of halogens is 1. The molecule has 2 aromatic rings. The molecule has 29 heavy (non-hydrogen) atoms. The maximum absolute atomic E-state index is 14.0. The van der Waals surface area contributed by atoms with Gasteiger partial charge in [0.2, 0.25) is 17.7 Å². The molecule has 150 valence electrons. The second-order valence-electron chi connectivity index (χ2n) is 6.49. The SMILES string of the molecule is CC(=O)N[C@@H](Cc1ccccc1F)C(=O)N[C@H](Cc1ccccc1C#N)C(N)=O. The van der Waals surface area contributed by atoms with Crippen LogP contribution in [0.4, 0.5) is 4.39 Å². The number of nitrogens with one attached hydrogen (secondary N) is 2. The summed E-state index contributed by atoms with van der Waals surface area (Å²) in [5, 5.41) is 14.2. The van der Waals surface area contributed by atoms with E-state index in [1.807, 2.05) is 6.07 Å². The normalized spacial score (nSPS) is 12.3. The lowest BCUT2D eigenvalue weighted by Gasteiger charge is -2.22. The first-order chi connectivity index (χ1) is 13.8. The van der Waals surface area contributed by atoms with Crippen LogP contribution in [0.15, 0.2) is 48.5 Å². The predicted molar refractivity (Wildman–Crippen MR) is 104 cm³/mol. The van der Waals surface area contributed by atoms with Crippen molar-refractivity contribution in [2.24, 2.45) is 5.73 Å². The summed E-state index contributed by atoms with van der Waals surface area (Å²) in [6, 6.07) is 12.3. The Bertz CT molecular complexity index is 955. The Morgan fingerprint density at radius 1 is 1.00 bits per heavy atom. The number of hydrogen-bond acceptors (Lipinski definition) is 4. The number of amides is 3. The van der Waals surface area contributed by atoms with Gasteiger partial charge < -0.3 is 16.4 Å². The van der Waals surface area contributed by atoms with Crippen LogP contribution < -0.4 is 16.4 Å². The molecule has 0 saturated heterocycles. The molecule has 0 aliphatic carbocycles. The van der Waals surface area contributed by atoms with Crippen LogP contribution in [0.2, 0.25) is 0 Å². The lowest BCUT2D eigenvalue weighted by atomic mass is 9.99. The number of nitrogens with zero attached hydrogens (tertiary/aromatic N) is 1. The van der Waals surface area contributed by atoms with Crippen LogP contribution >= 0.6 is 0 Å². The quantitative estimate of drug-likeness (QED) is 0.614. The molecule has 0 unspecified atom stereocenters. The van der Waals surface area contributed by atoms with Crippen LogP contribution in [0.5, 0.6) is 0 Å². The van der Waals surface area contributed by atoms with Crippen LogP contribution in [-0.4, -0.2) is 29.8 Å². The molecule has 2 rings (SSSR count). The third-order valence-corrected chi connectivity index (χ3v) is 4.30. The highest BCUT2D eigenvalue weighted by Crippen LogP contribution is 2.12. The first-order valence-electron chi connectivity index (χ1n) is 8.90. The van der Waals surface area contributed by atoms with Crippen molar-refractivity contribution >= 4 is 17.7 Å². The maximum Gasteiger partial charge on any atom is 0.243 e. The minimum Gasteiger partial charge on any atom is -0.368 e. The summed E-state index contributed by atoms with van der Waals surface area (Å²) >= 11 is 0. The summed E-state index contributed by atoms with van der Waals surface area (Å²) in [4.78, 5) is 36.1. The molecule has 0 aliphatic rings. The molecule has 0 bridgehead atoms. The standard InChI is InChI=1S/C21H21FN4O3/c1-13(27)25-19(11-15-7-4-5-9-17(15)22)21(29)26-18(20(24)28)10-14-6-2-3-8-16(14)12-23/h2-9,18-19H,10-11H2,1H3,(H2,24,28)(H,25,27)(H,26,29)/t18-,19+/m1/s1. The molecule has 7 nitrogen and oxygen atoms in total. The molecule has 0 heterocycles. The molecule has 0 saturated carbocycles. The number of hydrogen-bond donors (Lipinski definition) is 3. The van der Waals surface area contributed by atoms with Gasteiger partial charge in [-0.1, -0.05) is 36.4 Å². The largest absolute Gasteiger partial charge is 0.368 e. The topological polar surface area (TPSA) is 125 Å². The van der Waals surface area contributed by atoms with E-state index in [1.54, 1.807) is 30.3 Å². The van der Waals surface area contributed by atoms with Crippen molar-refractivity contribution in [3.05, 3.63) is 71.0 Å². The van der Waals surface area contributed by atoms with Crippen LogP contribution in [-0.2, 0) is 27.2 Å². The van der Waals surface area contributed by atoms with Crippen molar-refractivity contribution in [1.29, 1.82) is 5.26 Å². The van der Waals surface area contributed by atoms with E-state index in [4.69, 9.17) is 5.73 Å². The van der Waals surface area contributed by atoms with Crippen molar-refractivity contribution in [2.45, 2.75) is 31.8 Å². The number of nitriles is 1. The zero-order valence-electron chi connectivity index (χ0n) is 15.8. The van der Waals surface area contributed by atoms with Crippen LogP contribution in [0.1, 0.15) is 23.6 Å². The Hall–Kier alpha value is -3.73. The third kappa shape index (κ3) is 6.14. The Labute approximate surface area is 167 Å². The minimum absolute atomic E-state index is 0.0112. The van der Waals surface area contributed by atoms with Gasteiger partial charge in [-0.05, 0) is 23.3 Å². The minimum atomic E-state index is -1.10. The zero-order chi connectivity index (χ0) is 21.4. The van der Waals surface area contributed by atoms with Crippen molar-refractivity contribution in [2.75, 3.05) is 0 Å². The summed E-state index contributed by atoms with van der Waals surface area (Å²) in [5.41, 5.74) is 6.57. The Kier molecular flexibility index (Phi) is 7.43. The lowest BCUT2D eigenvalue weighted by molar-refractivity contribution is -0.130. The fourth-order valence-electron chi connectivity index (χ4n) is 2.86. The van der Waals surface area contributed by atoms with Crippen LogP contribution in [0, 0.1) is 17.1 Å². The van der Waals surface area contributed by atoms with Gasteiger partial charge in [-0.15, -0.1) is 0 Å². The second-order valence-corrected chi connectivity index (χ2v) is 6.49. The van der Waals surface area contributed by atoms with Gasteiger partial charge in [-0.2, -0.15) is 5.26 Å². The van der Waals surface area contributed by atoms with Gasteiger partial charge in [-0.3, -0.25) is 14.4 Å². The zero-order valence-corrected chi connectivity index (χ0v) is 15.8. The van der Waals surface area contributed by atoms with Gasteiger partial charge in [0.05, 0.1) is 11.6 Å². The Morgan fingerprint density at radius 2 is 1.59 bits per heavy atom. The van der Waals surface area contributed by atoms with E-state index < -0.39 is 35.6 Å². The number of carbonyl (C=O) groups is 3. The molecule has 0 spiro atoms. The van der Waals surface area contributed by atoms with Crippen LogP contribution in [0.25, 0.3) is 0 Å². The second kappa shape index (κ2) is 9.99. The molecule has 2 aromatic carbocycles. The first-order valence-corrected chi connectivity index (χ1v) is 8.90. The molecule has 0 aliphatic heterocycles. The summed E-state index contributed by atoms with van der Waals surface area (Å²) in [5.74, 6) is -2.46. The fraction of sp³-hybridized carbons (Fsp3) is 0.238. The van der Waals surface area contributed by atoms with Crippen molar-refractivity contribution < 1.29 is 18.8 Å². The van der Waals surface area contributed by atoms with E-state index in [2.05, 4.69) is 10.6 Å². The van der Waals surface area contributed by atoms with E-state index in [0.29, 0.717) is 11.1 Å². The van der Waals surface area contributed by atoms with Gasteiger partial charge in [-0.25, -0.2) is 4.39 Å². The first kappa shape index (κ1) is 21.6. The van der Waals surface area contributed by atoms with Crippen LogP contribution in [0.3, 0.4) is 0 Å². The van der Waals surface area contributed by atoms with E-state index in [-0.39, 0.29) is 18.4 Å². The number of carbonyl (C=O) groups excluding carboxylic acids is 3. The molecule has 3 amide bonds. The molecular formula is C21H21FN4O3. The maximum atomic E-state index is 14.0. The van der Waals surface area contributed by atoms with E-state index in [9.17, 15) is 24.0 Å². The van der Waals surface area contributed by atoms with E-state index in [0.717, 1.165) is 0 Å². The molecule has 8 heteroatoms. The number of benzene rings is 2. The third-order valence-electron chi connectivity index (χ3n) is 4.30. The Morgan fingerprint density at radius 3 is 2.17 bits per heavy atom. The van der Waals surface area contributed by atoms with Crippen molar-refractivity contribution in [1.82, 2.24) is 10.6 Å². The molecule has 4 N–H and O–H groups in total. The van der Waals surface area contributed by atoms with E-state index in [1.165, 1.54) is 25.1 Å². The molecule has 2 atom stereocenters. The molecular weight excluding hydrogens is 375 g/mol. The lowest BCUT2D eigenvalue weighted by Crippen LogP contribution is -2.54. The highest BCUT2D eigenvalue weighted by atomic mass is 19.1. The van der Waals surface area contributed by atoms with Crippen molar-refractivity contribution in [3.63, 3.8) is 0 Å². The van der Waals surface area contributed by atoms with Gasteiger partial charge in [0.25, 0.3) is 0 Å². The van der Waals surface area contributed by atoms with E-state index >= 15 is 0 Å².